The second kappa shape index (κ2) is 6.77. The van der Waals surface area contributed by atoms with Gasteiger partial charge in [0.25, 0.3) is 0 Å². The maximum atomic E-state index is 5.28. The zero-order valence-electron chi connectivity index (χ0n) is 12.6. The SMILES string of the molecule is COc1cccc(CCNC(c2ccccc2)C2CC2)c1. The molecular weight excluding hydrogens is 258 g/mol. The molecule has 1 saturated carbocycles. The molecule has 0 aromatic heterocycles. The molecular formula is C19H23NO. The maximum absolute atomic E-state index is 5.28. The van der Waals surface area contributed by atoms with Crippen LogP contribution in [0.25, 0.3) is 0 Å². The number of hydrogen-bond acceptors (Lipinski definition) is 2. The Balaban J connectivity index is 1.57. The Morgan fingerprint density at radius 1 is 1.10 bits per heavy atom. The van der Waals surface area contributed by atoms with Crippen molar-refractivity contribution in [2.24, 2.45) is 5.92 Å². The molecule has 1 atom stereocenters. The summed E-state index contributed by atoms with van der Waals surface area (Å²) in [4.78, 5) is 0. The molecule has 2 aromatic carbocycles. The van der Waals surface area contributed by atoms with Crippen LogP contribution < -0.4 is 10.1 Å². The van der Waals surface area contributed by atoms with Crippen LogP contribution in [-0.4, -0.2) is 13.7 Å². The molecule has 1 unspecified atom stereocenters. The Kier molecular flexibility index (Phi) is 4.56. The molecule has 0 heterocycles. The minimum atomic E-state index is 0.511. The number of benzene rings is 2. The molecule has 0 radical (unpaired) electrons. The summed E-state index contributed by atoms with van der Waals surface area (Å²) >= 11 is 0. The van der Waals surface area contributed by atoms with Gasteiger partial charge in [-0.05, 0) is 55.0 Å². The van der Waals surface area contributed by atoms with Crippen LogP contribution in [0.4, 0.5) is 0 Å². The first-order chi connectivity index (χ1) is 10.4. The van der Waals surface area contributed by atoms with Gasteiger partial charge in [-0.15, -0.1) is 0 Å². The van der Waals surface area contributed by atoms with Crippen molar-refractivity contribution in [2.45, 2.75) is 25.3 Å². The molecule has 2 heteroatoms. The summed E-state index contributed by atoms with van der Waals surface area (Å²) in [5.41, 5.74) is 2.75. The highest BCUT2D eigenvalue weighted by Crippen LogP contribution is 2.40. The van der Waals surface area contributed by atoms with Crippen molar-refractivity contribution in [3.63, 3.8) is 0 Å². The number of methoxy groups -OCH3 is 1. The third-order valence-electron chi connectivity index (χ3n) is 4.16. The quantitative estimate of drug-likeness (QED) is 0.829. The lowest BCUT2D eigenvalue weighted by molar-refractivity contribution is 0.414. The van der Waals surface area contributed by atoms with Crippen LogP contribution in [0.1, 0.15) is 30.0 Å². The highest BCUT2D eigenvalue weighted by Gasteiger charge is 2.31. The first-order valence-corrected chi connectivity index (χ1v) is 7.78. The fraction of sp³-hybridized carbons (Fsp3) is 0.368. The van der Waals surface area contributed by atoms with E-state index in [9.17, 15) is 0 Å². The van der Waals surface area contributed by atoms with Gasteiger partial charge < -0.3 is 10.1 Å². The minimum Gasteiger partial charge on any atom is -0.497 e. The number of nitrogens with one attached hydrogen (secondary N) is 1. The summed E-state index contributed by atoms with van der Waals surface area (Å²) in [6, 6.07) is 19.7. The lowest BCUT2D eigenvalue weighted by Crippen LogP contribution is -2.25. The Labute approximate surface area is 127 Å². The fourth-order valence-electron chi connectivity index (χ4n) is 2.85. The zero-order valence-corrected chi connectivity index (χ0v) is 12.6. The number of ether oxygens (including phenoxy) is 1. The van der Waals surface area contributed by atoms with Gasteiger partial charge in [0.2, 0.25) is 0 Å². The van der Waals surface area contributed by atoms with Crippen molar-refractivity contribution in [3.8, 4) is 5.75 Å². The number of rotatable bonds is 7. The van der Waals surface area contributed by atoms with Crippen molar-refractivity contribution in [3.05, 3.63) is 65.7 Å². The van der Waals surface area contributed by atoms with Crippen LogP contribution >= 0.6 is 0 Å². The average molecular weight is 281 g/mol. The third kappa shape index (κ3) is 3.85. The normalized spacial score (nSPS) is 15.7. The van der Waals surface area contributed by atoms with Crippen molar-refractivity contribution in [2.75, 3.05) is 13.7 Å². The Bertz CT molecular complexity index is 563. The van der Waals surface area contributed by atoms with Gasteiger partial charge in [0.1, 0.15) is 5.75 Å². The van der Waals surface area contributed by atoms with Gasteiger partial charge in [0.05, 0.1) is 7.11 Å². The highest BCUT2D eigenvalue weighted by molar-refractivity contribution is 5.28. The Hall–Kier alpha value is -1.80. The van der Waals surface area contributed by atoms with Crippen molar-refractivity contribution >= 4 is 0 Å². The van der Waals surface area contributed by atoms with Gasteiger partial charge in [-0.25, -0.2) is 0 Å². The lowest BCUT2D eigenvalue weighted by atomic mass is 10.0. The third-order valence-corrected chi connectivity index (χ3v) is 4.16. The monoisotopic (exact) mass is 281 g/mol. The van der Waals surface area contributed by atoms with E-state index < -0.39 is 0 Å². The lowest BCUT2D eigenvalue weighted by Gasteiger charge is -2.19. The highest BCUT2D eigenvalue weighted by atomic mass is 16.5. The van der Waals surface area contributed by atoms with E-state index in [1.54, 1.807) is 7.11 Å². The van der Waals surface area contributed by atoms with E-state index in [2.05, 4.69) is 53.8 Å². The van der Waals surface area contributed by atoms with Crippen molar-refractivity contribution in [1.29, 1.82) is 0 Å². The van der Waals surface area contributed by atoms with Crippen LogP contribution in [0.15, 0.2) is 54.6 Å². The summed E-state index contributed by atoms with van der Waals surface area (Å²) in [6.45, 7) is 1.00. The van der Waals surface area contributed by atoms with E-state index in [1.807, 2.05) is 6.07 Å². The molecule has 0 aliphatic heterocycles. The first kappa shape index (κ1) is 14.2. The molecule has 110 valence electrons. The molecule has 21 heavy (non-hydrogen) atoms. The van der Waals surface area contributed by atoms with Gasteiger partial charge in [-0.1, -0.05) is 42.5 Å². The molecule has 0 saturated heterocycles. The van der Waals surface area contributed by atoms with Crippen LogP contribution in [-0.2, 0) is 6.42 Å². The Morgan fingerprint density at radius 2 is 1.90 bits per heavy atom. The Morgan fingerprint density at radius 3 is 2.62 bits per heavy atom. The fourth-order valence-corrected chi connectivity index (χ4v) is 2.85. The number of hydrogen-bond donors (Lipinski definition) is 1. The summed E-state index contributed by atoms with van der Waals surface area (Å²) in [7, 11) is 1.72. The zero-order chi connectivity index (χ0) is 14.5. The van der Waals surface area contributed by atoms with E-state index in [0.29, 0.717) is 6.04 Å². The van der Waals surface area contributed by atoms with Gasteiger partial charge >= 0.3 is 0 Å². The second-order valence-electron chi connectivity index (χ2n) is 5.78. The first-order valence-electron chi connectivity index (χ1n) is 7.78. The predicted octanol–water partition coefficient (Wildman–Crippen LogP) is 3.98. The van der Waals surface area contributed by atoms with Gasteiger partial charge in [0, 0.05) is 6.04 Å². The molecule has 1 aliphatic carbocycles. The molecule has 1 fully saturated rings. The smallest absolute Gasteiger partial charge is 0.119 e. The summed E-state index contributed by atoms with van der Waals surface area (Å²) < 4.78 is 5.28. The van der Waals surface area contributed by atoms with E-state index in [4.69, 9.17) is 4.74 Å². The maximum Gasteiger partial charge on any atom is 0.119 e. The van der Waals surface area contributed by atoms with E-state index >= 15 is 0 Å². The molecule has 0 spiro atoms. The molecule has 3 rings (SSSR count). The van der Waals surface area contributed by atoms with E-state index in [1.165, 1.54) is 24.0 Å². The van der Waals surface area contributed by atoms with Crippen molar-refractivity contribution < 1.29 is 4.74 Å². The molecule has 2 aromatic rings. The molecule has 0 bridgehead atoms. The summed E-state index contributed by atoms with van der Waals surface area (Å²) in [5, 5.41) is 3.74. The molecule has 1 aliphatic rings. The van der Waals surface area contributed by atoms with Crippen LogP contribution in [0.3, 0.4) is 0 Å². The standard InChI is InChI=1S/C19H23NO/c1-21-18-9-5-6-15(14-18)12-13-20-19(17-10-11-17)16-7-3-2-4-8-16/h2-9,14,17,19-20H,10-13H2,1H3. The van der Waals surface area contributed by atoms with Crippen LogP contribution in [0.5, 0.6) is 5.75 Å². The van der Waals surface area contributed by atoms with Crippen molar-refractivity contribution in [1.82, 2.24) is 5.32 Å². The largest absolute Gasteiger partial charge is 0.497 e. The van der Waals surface area contributed by atoms with E-state index in [0.717, 1.165) is 24.6 Å². The average Bonchev–Trinajstić information content (AvgIpc) is 3.37. The van der Waals surface area contributed by atoms with Gasteiger partial charge in [-0.2, -0.15) is 0 Å². The summed E-state index contributed by atoms with van der Waals surface area (Å²) in [6.07, 6.45) is 3.74. The molecule has 0 amide bonds. The van der Waals surface area contributed by atoms with Crippen LogP contribution in [0.2, 0.25) is 0 Å². The molecule has 2 nitrogen and oxygen atoms in total. The molecule has 1 N–H and O–H groups in total. The predicted molar refractivity (Wildman–Crippen MR) is 86.6 cm³/mol. The summed E-state index contributed by atoms with van der Waals surface area (Å²) in [5.74, 6) is 1.76. The van der Waals surface area contributed by atoms with Crippen LogP contribution in [0, 0.1) is 5.92 Å². The second-order valence-corrected chi connectivity index (χ2v) is 5.78. The van der Waals surface area contributed by atoms with Gasteiger partial charge in [-0.3, -0.25) is 0 Å². The van der Waals surface area contributed by atoms with Gasteiger partial charge in [0.15, 0.2) is 0 Å². The topological polar surface area (TPSA) is 21.3 Å². The van der Waals surface area contributed by atoms with E-state index in [-0.39, 0.29) is 0 Å². The minimum absolute atomic E-state index is 0.511.